The van der Waals surface area contributed by atoms with Gasteiger partial charge in [0, 0.05) is 6.04 Å². The Morgan fingerprint density at radius 2 is 1.75 bits per heavy atom. The molecule has 20 heavy (non-hydrogen) atoms. The lowest BCUT2D eigenvalue weighted by molar-refractivity contribution is 0.496. The van der Waals surface area contributed by atoms with E-state index in [1.807, 2.05) is 0 Å². The van der Waals surface area contributed by atoms with Gasteiger partial charge in [0.05, 0.1) is 0 Å². The third-order valence-corrected chi connectivity index (χ3v) is 4.02. The Bertz CT molecular complexity index is 534. The summed E-state index contributed by atoms with van der Waals surface area (Å²) in [5.41, 5.74) is 8.35. The average molecular weight is 268 g/mol. The maximum absolute atomic E-state index is 5.75. The van der Waals surface area contributed by atoms with E-state index in [0.717, 1.165) is 19.3 Å². The van der Waals surface area contributed by atoms with Gasteiger partial charge in [-0.15, -0.1) is 0 Å². The maximum atomic E-state index is 5.75. The van der Waals surface area contributed by atoms with Gasteiger partial charge in [-0.2, -0.15) is 0 Å². The van der Waals surface area contributed by atoms with Crippen molar-refractivity contribution in [1.29, 1.82) is 0 Å². The van der Waals surface area contributed by atoms with Gasteiger partial charge in [-0.1, -0.05) is 48.5 Å². The number of rotatable bonds is 6. The molecule has 0 aliphatic heterocycles. The van der Waals surface area contributed by atoms with E-state index in [2.05, 4.69) is 67.8 Å². The number of nitrogens with two attached hydrogens (primary N) is 1. The molecule has 0 bridgehead atoms. The van der Waals surface area contributed by atoms with E-state index in [9.17, 15) is 0 Å². The lowest BCUT2D eigenvalue weighted by Gasteiger charge is -2.19. The van der Waals surface area contributed by atoms with Crippen LogP contribution < -0.4 is 11.3 Å². The number of benzene rings is 2. The molecule has 0 aliphatic rings. The molecule has 0 saturated carbocycles. The van der Waals surface area contributed by atoms with Crippen LogP contribution in [0.2, 0.25) is 0 Å². The highest BCUT2D eigenvalue weighted by atomic mass is 15.2. The standard InChI is InChI=1S/C18H24N2/c1-14-8-6-12-17(15(14)2)18(20-19)13-7-11-16-9-4-3-5-10-16/h3-6,8-10,12,18,20H,7,11,13,19H2,1-2H3. The number of hydrogen-bond acceptors (Lipinski definition) is 2. The van der Waals surface area contributed by atoms with Gasteiger partial charge in [0.2, 0.25) is 0 Å². The summed E-state index contributed by atoms with van der Waals surface area (Å²) in [6.07, 6.45) is 3.28. The van der Waals surface area contributed by atoms with Gasteiger partial charge in [0.1, 0.15) is 0 Å². The summed E-state index contributed by atoms with van der Waals surface area (Å²) in [5, 5.41) is 0. The first-order chi connectivity index (χ1) is 9.72. The number of hydrazine groups is 1. The van der Waals surface area contributed by atoms with E-state index in [1.165, 1.54) is 22.3 Å². The highest BCUT2D eigenvalue weighted by Crippen LogP contribution is 2.24. The van der Waals surface area contributed by atoms with Crippen LogP contribution in [0.25, 0.3) is 0 Å². The molecule has 3 N–H and O–H groups in total. The molecule has 0 amide bonds. The van der Waals surface area contributed by atoms with Gasteiger partial charge < -0.3 is 0 Å². The fourth-order valence-electron chi connectivity index (χ4n) is 2.63. The van der Waals surface area contributed by atoms with Crippen LogP contribution in [0.15, 0.2) is 48.5 Å². The quantitative estimate of drug-likeness (QED) is 0.617. The highest BCUT2D eigenvalue weighted by molar-refractivity contribution is 5.35. The Morgan fingerprint density at radius 3 is 2.45 bits per heavy atom. The molecule has 106 valence electrons. The van der Waals surface area contributed by atoms with Gasteiger partial charge in [-0.05, 0) is 55.4 Å². The predicted molar refractivity (Wildman–Crippen MR) is 85.4 cm³/mol. The van der Waals surface area contributed by atoms with Gasteiger partial charge in [0.25, 0.3) is 0 Å². The molecule has 0 heterocycles. The Hall–Kier alpha value is -1.64. The van der Waals surface area contributed by atoms with Crippen LogP contribution in [0, 0.1) is 13.8 Å². The van der Waals surface area contributed by atoms with Crippen molar-refractivity contribution in [1.82, 2.24) is 5.43 Å². The van der Waals surface area contributed by atoms with Crippen LogP contribution in [-0.2, 0) is 6.42 Å². The molecule has 0 aromatic heterocycles. The van der Waals surface area contributed by atoms with E-state index in [0.29, 0.717) is 0 Å². The molecule has 0 spiro atoms. The van der Waals surface area contributed by atoms with E-state index >= 15 is 0 Å². The summed E-state index contributed by atoms with van der Waals surface area (Å²) in [6.45, 7) is 4.32. The Kier molecular flexibility index (Phi) is 5.33. The number of nitrogens with one attached hydrogen (secondary N) is 1. The molecule has 2 heteroatoms. The minimum atomic E-state index is 0.235. The Morgan fingerprint density at radius 1 is 1.00 bits per heavy atom. The summed E-state index contributed by atoms with van der Waals surface area (Å²) >= 11 is 0. The first kappa shape index (κ1) is 14.8. The van der Waals surface area contributed by atoms with Gasteiger partial charge in [0.15, 0.2) is 0 Å². The molecular formula is C18H24N2. The lowest BCUT2D eigenvalue weighted by Crippen LogP contribution is -2.28. The molecule has 0 radical (unpaired) electrons. The van der Waals surface area contributed by atoms with E-state index in [4.69, 9.17) is 5.84 Å². The van der Waals surface area contributed by atoms with Crippen LogP contribution in [0.1, 0.15) is 41.1 Å². The van der Waals surface area contributed by atoms with Gasteiger partial charge in [-0.25, -0.2) is 0 Å². The molecular weight excluding hydrogens is 244 g/mol. The van der Waals surface area contributed by atoms with Crippen molar-refractivity contribution in [3.63, 3.8) is 0 Å². The molecule has 0 saturated heterocycles. The highest BCUT2D eigenvalue weighted by Gasteiger charge is 2.12. The largest absolute Gasteiger partial charge is 0.271 e. The summed E-state index contributed by atoms with van der Waals surface area (Å²) in [4.78, 5) is 0. The normalized spacial score (nSPS) is 12.3. The fraction of sp³-hybridized carbons (Fsp3) is 0.333. The molecule has 2 nitrogen and oxygen atoms in total. The minimum Gasteiger partial charge on any atom is -0.271 e. The molecule has 1 atom stereocenters. The van der Waals surface area contributed by atoms with Crippen molar-refractivity contribution in [2.75, 3.05) is 0 Å². The van der Waals surface area contributed by atoms with Crippen LogP contribution in [0.3, 0.4) is 0 Å². The Labute approximate surface area is 122 Å². The summed E-state index contributed by atoms with van der Waals surface area (Å²) in [7, 11) is 0. The molecule has 0 fully saturated rings. The monoisotopic (exact) mass is 268 g/mol. The number of hydrogen-bond donors (Lipinski definition) is 2. The van der Waals surface area contributed by atoms with Crippen LogP contribution in [-0.4, -0.2) is 0 Å². The Balaban J connectivity index is 1.97. The topological polar surface area (TPSA) is 38.0 Å². The molecule has 0 aliphatic carbocycles. The maximum Gasteiger partial charge on any atom is 0.0462 e. The number of aryl methyl sites for hydroxylation is 2. The average Bonchev–Trinajstić information content (AvgIpc) is 2.48. The van der Waals surface area contributed by atoms with Crippen LogP contribution in [0.5, 0.6) is 0 Å². The van der Waals surface area contributed by atoms with Crippen molar-refractivity contribution in [3.05, 3.63) is 70.8 Å². The lowest BCUT2D eigenvalue weighted by atomic mass is 9.94. The van der Waals surface area contributed by atoms with Crippen molar-refractivity contribution in [3.8, 4) is 0 Å². The van der Waals surface area contributed by atoms with Crippen molar-refractivity contribution in [2.24, 2.45) is 5.84 Å². The second-order valence-electron chi connectivity index (χ2n) is 5.39. The van der Waals surface area contributed by atoms with Crippen LogP contribution >= 0.6 is 0 Å². The smallest absolute Gasteiger partial charge is 0.0462 e. The first-order valence-corrected chi connectivity index (χ1v) is 7.28. The molecule has 2 rings (SSSR count). The third kappa shape index (κ3) is 3.69. The zero-order valence-electron chi connectivity index (χ0n) is 12.4. The second kappa shape index (κ2) is 7.22. The van der Waals surface area contributed by atoms with Crippen molar-refractivity contribution in [2.45, 2.75) is 39.2 Å². The summed E-state index contributed by atoms with van der Waals surface area (Å²) in [5.74, 6) is 5.75. The van der Waals surface area contributed by atoms with E-state index < -0.39 is 0 Å². The van der Waals surface area contributed by atoms with E-state index in [-0.39, 0.29) is 6.04 Å². The molecule has 2 aromatic rings. The SMILES string of the molecule is Cc1cccc(C(CCCc2ccccc2)NN)c1C. The van der Waals surface area contributed by atoms with Crippen molar-refractivity contribution < 1.29 is 0 Å². The van der Waals surface area contributed by atoms with E-state index in [1.54, 1.807) is 0 Å². The van der Waals surface area contributed by atoms with Gasteiger partial charge in [-0.3, -0.25) is 11.3 Å². The zero-order chi connectivity index (χ0) is 14.4. The van der Waals surface area contributed by atoms with Gasteiger partial charge >= 0.3 is 0 Å². The van der Waals surface area contributed by atoms with Crippen LogP contribution in [0.4, 0.5) is 0 Å². The summed E-state index contributed by atoms with van der Waals surface area (Å²) < 4.78 is 0. The fourth-order valence-corrected chi connectivity index (χ4v) is 2.63. The predicted octanol–water partition coefficient (Wildman–Crippen LogP) is 3.83. The molecule has 1 unspecified atom stereocenters. The second-order valence-corrected chi connectivity index (χ2v) is 5.39. The third-order valence-electron chi connectivity index (χ3n) is 4.02. The zero-order valence-corrected chi connectivity index (χ0v) is 12.4. The summed E-state index contributed by atoms with van der Waals surface area (Å²) in [6, 6.07) is 17.3. The molecule has 2 aromatic carbocycles. The van der Waals surface area contributed by atoms with Crippen molar-refractivity contribution >= 4 is 0 Å². The first-order valence-electron chi connectivity index (χ1n) is 7.28. The minimum absolute atomic E-state index is 0.235.